The van der Waals surface area contributed by atoms with Gasteiger partial charge in [0.05, 0.1) is 13.7 Å². The molecule has 1 unspecified atom stereocenters. The van der Waals surface area contributed by atoms with Crippen molar-refractivity contribution in [2.45, 2.75) is 18.9 Å². The third kappa shape index (κ3) is 3.95. The minimum absolute atomic E-state index is 0.468. The van der Waals surface area contributed by atoms with Crippen LogP contribution in [0.5, 0.6) is 5.75 Å². The number of benzene rings is 1. The van der Waals surface area contributed by atoms with Gasteiger partial charge in [0.1, 0.15) is 5.75 Å². The summed E-state index contributed by atoms with van der Waals surface area (Å²) in [6, 6.07) is 6.89. The average molecular weight is 278 g/mol. The molecule has 4 heteroatoms. The van der Waals surface area contributed by atoms with E-state index in [1.54, 1.807) is 14.2 Å². The number of hydrogen-bond donors (Lipinski definition) is 1. The van der Waals surface area contributed by atoms with Gasteiger partial charge in [-0.2, -0.15) is 0 Å². The monoisotopic (exact) mass is 278 g/mol. The highest BCUT2D eigenvalue weighted by molar-refractivity contribution is 5.40. The molecular weight excluding hydrogens is 252 g/mol. The lowest BCUT2D eigenvalue weighted by atomic mass is 10.1. The van der Waals surface area contributed by atoms with E-state index in [-0.39, 0.29) is 0 Å². The van der Waals surface area contributed by atoms with E-state index < -0.39 is 0 Å². The van der Waals surface area contributed by atoms with Gasteiger partial charge in [0, 0.05) is 32.8 Å². The fraction of sp³-hybridized carbons (Fsp3) is 0.625. The predicted octanol–water partition coefficient (Wildman–Crippen LogP) is 1.85. The zero-order valence-corrected chi connectivity index (χ0v) is 12.8. The van der Waals surface area contributed by atoms with Crippen LogP contribution in [0.25, 0.3) is 0 Å². The van der Waals surface area contributed by atoms with E-state index in [4.69, 9.17) is 9.47 Å². The first-order chi connectivity index (χ1) is 9.74. The van der Waals surface area contributed by atoms with Gasteiger partial charge in [0.2, 0.25) is 0 Å². The summed E-state index contributed by atoms with van der Waals surface area (Å²) in [4.78, 5) is 2.29. The van der Waals surface area contributed by atoms with Gasteiger partial charge in [0.25, 0.3) is 0 Å². The highest BCUT2D eigenvalue weighted by Crippen LogP contribution is 2.33. The number of rotatable bonds is 8. The molecule has 1 aromatic rings. The zero-order valence-electron chi connectivity index (χ0n) is 12.8. The Morgan fingerprint density at radius 1 is 1.30 bits per heavy atom. The molecule has 0 heterocycles. The second-order valence-electron chi connectivity index (χ2n) is 5.41. The first-order valence-electron chi connectivity index (χ1n) is 7.32. The van der Waals surface area contributed by atoms with Gasteiger partial charge in [-0.15, -0.1) is 0 Å². The average Bonchev–Trinajstić information content (AvgIpc) is 2.87. The molecule has 1 N–H and O–H groups in total. The Kier molecular flexibility index (Phi) is 5.83. The number of fused-ring (bicyclic) bond motifs is 1. The number of ether oxygens (including phenoxy) is 2. The largest absolute Gasteiger partial charge is 0.497 e. The van der Waals surface area contributed by atoms with E-state index in [0.717, 1.165) is 38.4 Å². The van der Waals surface area contributed by atoms with E-state index in [9.17, 15) is 0 Å². The van der Waals surface area contributed by atoms with Gasteiger partial charge in [-0.25, -0.2) is 0 Å². The summed E-state index contributed by atoms with van der Waals surface area (Å²) in [5, 5.41) is 3.66. The van der Waals surface area contributed by atoms with Gasteiger partial charge in [-0.3, -0.25) is 0 Å². The Morgan fingerprint density at radius 3 is 2.90 bits per heavy atom. The van der Waals surface area contributed by atoms with Crippen LogP contribution in [0.3, 0.4) is 0 Å². The van der Waals surface area contributed by atoms with Crippen molar-refractivity contribution >= 4 is 0 Å². The van der Waals surface area contributed by atoms with Crippen LogP contribution in [0.15, 0.2) is 18.2 Å². The van der Waals surface area contributed by atoms with Gasteiger partial charge < -0.3 is 19.7 Å². The van der Waals surface area contributed by atoms with Crippen molar-refractivity contribution in [1.82, 2.24) is 10.2 Å². The van der Waals surface area contributed by atoms with E-state index in [1.165, 1.54) is 17.5 Å². The molecular formula is C16H26N2O2. The summed E-state index contributed by atoms with van der Waals surface area (Å²) in [6.07, 6.45) is 2.35. The molecule has 0 aliphatic heterocycles. The standard InChI is InChI=1S/C16H26N2O2/c1-18(10-11-19-2)9-8-17-16-7-5-13-4-6-14(20-3)12-15(13)16/h4,6,12,16-17H,5,7-11H2,1-3H3. The molecule has 1 aliphatic carbocycles. The molecule has 1 aromatic carbocycles. The maximum atomic E-state index is 5.32. The van der Waals surface area contributed by atoms with E-state index in [1.807, 2.05) is 0 Å². The minimum atomic E-state index is 0.468. The van der Waals surface area contributed by atoms with Gasteiger partial charge in [-0.05, 0) is 43.1 Å². The van der Waals surface area contributed by atoms with E-state index in [2.05, 4.69) is 35.5 Å². The zero-order chi connectivity index (χ0) is 14.4. The van der Waals surface area contributed by atoms with Crippen molar-refractivity contribution in [2.24, 2.45) is 0 Å². The minimum Gasteiger partial charge on any atom is -0.497 e. The molecule has 4 nitrogen and oxygen atoms in total. The highest BCUT2D eigenvalue weighted by Gasteiger charge is 2.22. The van der Waals surface area contributed by atoms with Crippen molar-refractivity contribution in [3.63, 3.8) is 0 Å². The number of nitrogens with zero attached hydrogens (tertiary/aromatic N) is 1. The van der Waals surface area contributed by atoms with Crippen molar-refractivity contribution in [1.29, 1.82) is 0 Å². The van der Waals surface area contributed by atoms with Crippen LogP contribution in [-0.4, -0.2) is 52.4 Å². The smallest absolute Gasteiger partial charge is 0.119 e. The molecule has 0 saturated carbocycles. The third-order valence-corrected chi connectivity index (χ3v) is 3.99. The van der Waals surface area contributed by atoms with E-state index in [0.29, 0.717) is 6.04 Å². The van der Waals surface area contributed by atoms with Crippen molar-refractivity contribution in [3.8, 4) is 5.75 Å². The lowest BCUT2D eigenvalue weighted by Crippen LogP contribution is -2.32. The van der Waals surface area contributed by atoms with Crippen molar-refractivity contribution < 1.29 is 9.47 Å². The molecule has 1 atom stereocenters. The van der Waals surface area contributed by atoms with Crippen LogP contribution in [0.4, 0.5) is 0 Å². The van der Waals surface area contributed by atoms with Crippen LogP contribution in [0.1, 0.15) is 23.6 Å². The molecule has 0 spiro atoms. The molecule has 0 fully saturated rings. The first-order valence-corrected chi connectivity index (χ1v) is 7.32. The lowest BCUT2D eigenvalue weighted by Gasteiger charge is -2.19. The summed E-state index contributed by atoms with van der Waals surface area (Å²) in [6.45, 7) is 3.81. The van der Waals surface area contributed by atoms with Crippen LogP contribution in [-0.2, 0) is 11.2 Å². The topological polar surface area (TPSA) is 33.7 Å². The Morgan fingerprint density at radius 2 is 2.15 bits per heavy atom. The summed E-state index contributed by atoms with van der Waals surface area (Å²) < 4.78 is 10.4. The van der Waals surface area contributed by atoms with Crippen molar-refractivity contribution in [2.75, 3.05) is 47.5 Å². The van der Waals surface area contributed by atoms with Gasteiger partial charge >= 0.3 is 0 Å². The van der Waals surface area contributed by atoms with Crippen LogP contribution >= 0.6 is 0 Å². The molecule has 0 saturated heterocycles. The van der Waals surface area contributed by atoms with Crippen LogP contribution in [0, 0.1) is 0 Å². The molecule has 2 rings (SSSR count). The quantitative estimate of drug-likeness (QED) is 0.787. The van der Waals surface area contributed by atoms with Gasteiger partial charge in [-0.1, -0.05) is 6.07 Å². The number of aryl methyl sites for hydroxylation is 1. The normalized spacial score (nSPS) is 17.5. The van der Waals surface area contributed by atoms with Crippen LogP contribution in [0.2, 0.25) is 0 Å². The first kappa shape index (κ1) is 15.3. The van der Waals surface area contributed by atoms with Gasteiger partial charge in [0.15, 0.2) is 0 Å². The maximum Gasteiger partial charge on any atom is 0.119 e. The Hall–Kier alpha value is -1.10. The maximum absolute atomic E-state index is 5.32. The molecule has 0 bridgehead atoms. The van der Waals surface area contributed by atoms with Crippen LogP contribution < -0.4 is 10.1 Å². The van der Waals surface area contributed by atoms with Crippen molar-refractivity contribution in [3.05, 3.63) is 29.3 Å². The molecule has 0 aromatic heterocycles. The molecule has 0 amide bonds. The molecule has 0 radical (unpaired) electrons. The molecule has 1 aliphatic rings. The number of methoxy groups -OCH3 is 2. The highest BCUT2D eigenvalue weighted by atomic mass is 16.5. The number of likely N-dealkylation sites (N-methyl/N-ethyl adjacent to an activating group) is 1. The Labute approximate surface area is 122 Å². The Balaban J connectivity index is 1.81. The second-order valence-corrected chi connectivity index (χ2v) is 5.41. The Bertz CT molecular complexity index is 423. The number of nitrogens with one attached hydrogen (secondary N) is 1. The summed E-state index contributed by atoms with van der Waals surface area (Å²) in [5.41, 5.74) is 2.86. The lowest BCUT2D eigenvalue weighted by molar-refractivity contribution is 0.161. The SMILES string of the molecule is COCCN(C)CCNC1CCc2ccc(OC)cc21. The fourth-order valence-corrected chi connectivity index (χ4v) is 2.71. The predicted molar refractivity (Wildman–Crippen MR) is 81.4 cm³/mol. The fourth-order valence-electron chi connectivity index (χ4n) is 2.71. The molecule has 20 heavy (non-hydrogen) atoms. The summed E-state index contributed by atoms with van der Waals surface area (Å²) in [7, 11) is 5.60. The third-order valence-electron chi connectivity index (χ3n) is 3.99. The van der Waals surface area contributed by atoms with E-state index >= 15 is 0 Å². The number of hydrogen-bond acceptors (Lipinski definition) is 4. The second kappa shape index (κ2) is 7.62. The summed E-state index contributed by atoms with van der Waals surface area (Å²) in [5.74, 6) is 0.953. The summed E-state index contributed by atoms with van der Waals surface area (Å²) >= 11 is 0. The molecule has 112 valence electrons.